The second-order valence-electron chi connectivity index (χ2n) is 6.32. The van der Waals surface area contributed by atoms with Crippen molar-refractivity contribution in [3.05, 3.63) is 28.0 Å². The van der Waals surface area contributed by atoms with Crippen LogP contribution in [0.1, 0.15) is 57.1 Å². The average Bonchev–Trinajstić information content (AvgIpc) is 3.04. The van der Waals surface area contributed by atoms with Crippen molar-refractivity contribution in [1.29, 1.82) is 0 Å². The Hall–Kier alpha value is -1.92. The third kappa shape index (κ3) is 2.28. The molecule has 0 aromatic carbocycles. The summed E-state index contributed by atoms with van der Waals surface area (Å²) < 4.78 is 8.27. The largest absolute Gasteiger partial charge is 0.346 e. The van der Waals surface area contributed by atoms with Gasteiger partial charge in [-0.15, -0.1) is 0 Å². The fourth-order valence-electron chi connectivity index (χ4n) is 2.09. The Morgan fingerprint density at radius 1 is 1.35 bits per heavy atom. The van der Waals surface area contributed by atoms with Gasteiger partial charge in [-0.05, 0) is 40.5 Å². The van der Waals surface area contributed by atoms with Gasteiger partial charge in [-0.2, -0.15) is 10.1 Å². The summed E-state index contributed by atoms with van der Waals surface area (Å²) in [5, 5.41) is 8.27. The molecule has 108 valence electrons. The van der Waals surface area contributed by atoms with Crippen LogP contribution in [0, 0.1) is 6.92 Å². The van der Waals surface area contributed by atoms with E-state index in [0.29, 0.717) is 17.6 Å². The molecule has 0 aliphatic heterocycles. The Kier molecular flexibility index (Phi) is 2.81. The normalized spacial score (nSPS) is 15.8. The van der Waals surface area contributed by atoms with Crippen molar-refractivity contribution in [3.8, 4) is 0 Å². The molecule has 2 aromatic heterocycles. The highest BCUT2D eigenvalue weighted by atomic mass is 16.5. The van der Waals surface area contributed by atoms with Crippen molar-refractivity contribution in [3.63, 3.8) is 0 Å². The van der Waals surface area contributed by atoms with Crippen LogP contribution in [0.3, 0.4) is 0 Å². The topological polar surface area (TPSA) is 78.7 Å². The molecule has 7 heteroatoms. The monoisotopic (exact) mass is 277 g/mol. The van der Waals surface area contributed by atoms with E-state index in [1.54, 1.807) is 4.57 Å². The highest BCUT2D eigenvalue weighted by Gasteiger charge is 2.29. The Labute approximate surface area is 116 Å². The molecule has 20 heavy (non-hydrogen) atoms. The van der Waals surface area contributed by atoms with Gasteiger partial charge in [0.2, 0.25) is 5.89 Å². The maximum atomic E-state index is 12.4. The van der Waals surface area contributed by atoms with Gasteiger partial charge < -0.3 is 4.52 Å². The first-order valence-electron chi connectivity index (χ1n) is 6.85. The van der Waals surface area contributed by atoms with Crippen LogP contribution in [0.15, 0.2) is 9.32 Å². The minimum absolute atomic E-state index is 0.152. The van der Waals surface area contributed by atoms with Gasteiger partial charge in [0.1, 0.15) is 12.4 Å². The first-order valence-corrected chi connectivity index (χ1v) is 6.85. The number of hydrogen-bond acceptors (Lipinski definition) is 5. The van der Waals surface area contributed by atoms with E-state index in [-0.39, 0.29) is 17.8 Å². The molecule has 2 aromatic rings. The lowest BCUT2D eigenvalue weighted by molar-refractivity contribution is 0.336. The minimum Gasteiger partial charge on any atom is -0.337 e. The molecular weight excluding hydrogens is 258 g/mol. The lowest BCUT2D eigenvalue weighted by atomic mass is 10.1. The van der Waals surface area contributed by atoms with Gasteiger partial charge in [0.05, 0.1) is 5.54 Å². The molecule has 0 spiro atoms. The Morgan fingerprint density at radius 3 is 2.60 bits per heavy atom. The number of aryl methyl sites for hydroxylation is 1. The molecule has 2 heterocycles. The highest BCUT2D eigenvalue weighted by molar-refractivity contribution is 5.04. The summed E-state index contributed by atoms with van der Waals surface area (Å²) in [6.07, 6.45) is 2.25. The molecule has 0 N–H and O–H groups in total. The first-order chi connectivity index (χ1) is 9.36. The van der Waals surface area contributed by atoms with Gasteiger partial charge >= 0.3 is 5.69 Å². The van der Waals surface area contributed by atoms with Crippen molar-refractivity contribution in [1.82, 2.24) is 24.5 Å². The Balaban J connectivity index is 1.90. The van der Waals surface area contributed by atoms with Gasteiger partial charge in [0, 0.05) is 5.92 Å². The van der Waals surface area contributed by atoms with E-state index >= 15 is 0 Å². The van der Waals surface area contributed by atoms with E-state index in [9.17, 15) is 4.79 Å². The summed E-state index contributed by atoms with van der Waals surface area (Å²) in [5.41, 5.74) is -0.498. The minimum atomic E-state index is -0.346. The molecule has 0 unspecified atom stereocenters. The van der Waals surface area contributed by atoms with Crippen molar-refractivity contribution in [2.45, 2.75) is 58.5 Å². The lowest BCUT2D eigenvalue weighted by Gasteiger charge is -2.16. The van der Waals surface area contributed by atoms with Crippen LogP contribution in [-0.4, -0.2) is 24.5 Å². The molecule has 0 radical (unpaired) electrons. The second-order valence-corrected chi connectivity index (χ2v) is 6.32. The highest BCUT2D eigenvalue weighted by Crippen LogP contribution is 2.38. The number of nitrogens with zero attached hydrogens (tertiary/aromatic N) is 5. The van der Waals surface area contributed by atoms with Gasteiger partial charge in [-0.25, -0.2) is 9.48 Å². The summed E-state index contributed by atoms with van der Waals surface area (Å²) in [5.74, 6) is 2.32. The van der Waals surface area contributed by atoms with E-state index in [2.05, 4.69) is 15.2 Å². The van der Waals surface area contributed by atoms with Gasteiger partial charge in [-0.1, -0.05) is 5.16 Å². The summed E-state index contributed by atoms with van der Waals surface area (Å²) in [7, 11) is 0. The number of hydrogen-bond donors (Lipinski definition) is 0. The lowest BCUT2D eigenvalue weighted by Crippen LogP contribution is -2.36. The van der Waals surface area contributed by atoms with E-state index < -0.39 is 0 Å². The third-order valence-electron chi connectivity index (χ3n) is 3.40. The zero-order valence-corrected chi connectivity index (χ0v) is 12.3. The maximum absolute atomic E-state index is 12.4. The summed E-state index contributed by atoms with van der Waals surface area (Å²) >= 11 is 0. The Bertz CT molecular complexity index is 684. The molecule has 1 aliphatic carbocycles. The molecule has 0 atom stereocenters. The van der Waals surface area contributed by atoms with Crippen molar-refractivity contribution in [2.24, 2.45) is 0 Å². The molecular formula is C13H19N5O2. The molecule has 0 bridgehead atoms. The standard InChI is InChI=1S/C13H19N5O2/c1-8-15-18(13(2,3)4)12(19)17(8)7-10-14-11(16-20-10)9-5-6-9/h9H,5-7H2,1-4H3. The molecule has 1 saturated carbocycles. The van der Waals surface area contributed by atoms with Crippen LogP contribution < -0.4 is 5.69 Å². The number of aromatic nitrogens is 5. The quantitative estimate of drug-likeness (QED) is 0.847. The van der Waals surface area contributed by atoms with Gasteiger partial charge in [-0.3, -0.25) is 4.57 Å². The Morgan fingerprint density at radius 2 is 2.05 bits per heavy atom. The second kappa shape index (κ2) is 4.29. The third-order valence-corrected chi connectivity index (χ3v) is 3.40. The summed E-state index contributed by atoms with van der Waals surface area (Å²) in [4.78, 5) is 16.7. The molecule has 3 rings (SSSR count). The van der Waals surface area contributed by atoms with E-state index in [1.165, 1.54) is 4.68 Å². The van der Waals surface area contributed by atoms with E-state index in [4.69, 9.17) is 4.52 Å². The summed E-state index contributed by atoms with van der Waals surface area (Å²) in [6, 6.07) is 0. The molecule has 0 saturated heterocycles. The molecule has 1 fully saturated rings. The van der Waals surface area contributed by atoms with Crippen molar-refractivity contribution in [2.75, 3.05) is 0 Å². The van der Waals surface area contributed by atoms with Crippen LogP contribution in [-0.2, 0) is 12.1 Å². The molecule has 7 nitrogen and oxygen atoms in total. The van der Waals surface area contributed by atoms with Crippen LogP contribution in [0.4, 0.5) is 0 Å². The molecule has 0 amide bonds. The van der Waals surface area contributed by atoms with Crippen molar-refractivity contribution < 1.29 is 4.52 Å². The average molecular weight is 277 g/mol. The van der Waals surface area contributed by atoms with Gasteiger partial charge in [0.15, 0.2) is 5.82 Å². The van der Waals surface area contributed by atoms with E-state index in [0.717, 1.165) is 18.7 Å². The maximum Gasteiger partial charge on any atom is 0.346 e. The zero-order valence-electron chi connectivity index (χ0n) is 12.3. The summed E-state index contributed by atoms with van der Waals surface area (Å²) in [6.45, 7) is 7.93. The number of rotatable bonds is 3. The van der Waals surface area contributed by atoms with Gasteiger partial charge in [0.25, 0.3) is 0 Å². The van der Waals surface area contributed by atoms with Crippen molar-refractivity contribution >= 4 is 0 Å². The zero-order chi connectivity index (χ0) is 14.5. The smallest absolute Gasteiger partial charge is 0.337 e. The predicted octanol–water partition coefficient (Wildman–Crippen LogP) is 1.42. The fourth-order valence-corrected chi connectivity index (χ4v) is 2.09. The predicted molar refractivity (Wildman–Crippen MR) is 71.6 cm³/mol. The SMILES string of the molecule is Cc1nn(C(C)(C)C)c(=O)n1Cc1nc(C2CC2)no1. The van der Waals surface area contributed by atoms with Crippen LogP contribution in [0.5, 0.6) is 0 Å². The molecule has 1 aliphatic rings. The first kappa shape index (κ1) is 13.1. The van der Waals surface area contributed by atoms with Crippen LogP contribution >= 0.6 is 0 Å². The van der Waals surface area contributed by atoms with E-state index in [1.807, 2.05) is 27.7 Å². The fraction of sp³-hybridized carbons (Fsp3) is 0.692. The van der Waals surface area contributed by atoms with Crippen LogP contribution in [0.25, 0.3) is 0 Å². The van der Waals surface area contributed by atoms with Crippen LogP contribution in [0.2, 0.25) is 0 Å².